The molecule has 0 radical (unpaired) electrons. The summed E-state index contributed by atoms with van der Waals surface area (Å²) in [5.74, 6) is 0.716. The number of carbonyl (C=O) groups is 1. The molecule has 1 N–H and O–H groups in total. The van der Waals surface area contributed by atoms with E-state index in [-0.39, 0.29) is 5.91 Å². The number of hydrogen-bond donors (Lipinski definition) is 1. The highest BCUT2D eigenvalue weighted by Gasteiger charge is 2.16. The average Bonchev–Trinajstić information content (AvgIpc) is 2.48. The van der Waals surface area contributed by atoms with Crippen molar-refractivity contribution in [2.24, 2.45) is 0 Å². The van der Waals surface area contributed by atoms with E-state index in [9.17, 15) is 4.79 Å². The fourth-order valence-electron chi connectivity index (χ4n) is 2.06. The van der Waals surface area contributed by atoms with Gasteiger partial charge in [-0.25, -0.2) is 4.98 Å². The molecule has 0 saturated heterocycles. The van der Waals surface area contributed by atoms with Gasteiger partial charge < -0.3 is 10.2 Å². The van der Waals surface area contributed by atoms with Gasteiger partial charge in [0.25, 0.3) is 5.91 Å². The number of aromatic nitrogens is 1. The second-order valence-corrected chi connectivity index (χ2v) is 4.57. The molecule has 0 fully saturated rings. The number of nitrogens with zero attached hydrogens (tertiary/aromatic N) is 2. The molecule has 0 aliphatic carbocycles. The first-order chi connectivity index (χ1) is 9.65. The van der Waals surface area contributed by atoms with Crippen molar-refractivity contribution < 1.29 is 4.79 Å². The fraction of sp³-hybridized carbons (Fsp3) is 0.250. The normalized spacial score (nSPS) is 10.2. The number of aryl methyl sites for hydroxylation is 1. The number of amides is 1. The van der Waals surface area contributed by atoms with Crippen LogP contribution >= 0.6 is 0 Å². The summed E-state index contributed by atoms with van der Waals surface area (Å²) in [5.41, 5.74) is 2.64. The maximum atomic E-state index is 12.6. The van der Waals surface area contributed by atoms with E-state index in [0.29, 0.717) is 12.1 Å². The smallest absolute Gasteiger partial charge is 0.259 e. The summed E-state index contributed by atoms with van der Waals surface area (Å²) in [6.07, 6.45) is 1.60. The molecule has 2 aromatic rings. The Morgan fingerprint density at radius 3 is 2.65 bits per heavy atom. The molecule has 1 aromatic carbocycles. The fourth-order valence-corrected chi connectivity index (χ4v) is 2.06. The molecule has 1 heterocycles. The van der Waals surface area contributed by atoms with Crippen molar-refractivity contribution in [3.63, 3.8) is 0 Å². The van der Waals surface area contributed by atoms with Crippen LogP contribution in [-0.4, -0.2) is 24.5 Å². The molecule has 0 saturated carbocycles. The molecule has 1 amide bonds. The number of benzene rings is 1. The third-order valence-corrected chi connectivity index (χ3v) is 3.14. The number of hydrogen-bond acceptors (Lipinski definition) is 3. The molecular formula is C16H19N3O. The first-order valence-corrected chi connectivity index (χ1v) is 6.68. The predicted octanol–water partition coefficient (Wildman–Crippen LogP) is 3.10. The predicted molar refractivity (Wildman–Crippen MR) is 82.3 cm³/mol. The molecule has 0 unspecified atom stereocenters. The van der Waals surface area contributed by atoms with E-state index in [0.717, 1.165) is 17.1 Å². The molecule has 1 aromatic heterocycles. The van der Waals surface area contributed by atoms with Crippen LogP contribution in [0.1, 0.15) is 22.8 Å². The molecule has 0 aliphatic rings. The maximum Gasteiger partial charge on any atom is 0.259 e. The summed E-state index contributed by atoms with van der Waals surface area (Å²) in [6, 6.07) is 11.5. The molecule has 104 valence electrons. The number of pyridine rings is 1. The summed E-state index contributed by atoms with van der Waals surface area (Å²) in [5, 5.41) is 2.94. The van der Waals surface area contributed by atoms with E-state index in [4.69, 9.17) is 0 Å². The van der Waals surface area contributed by atoms with Gasteiger partial charge in [0.2, 0.25) is 0 Å². The molecule has 0 atom stereocenters. The van der Waals surface area contributed by atoms with Crippen LogP contribution in [0.15, 0.2) is 42.6 Å². The highest BCUT2D eigenvalue weighted by atomic mass is 16.2. The second kappa shape index (κ2) is 6.19. The Morgan fingerprint density at radius 2 is 2.10 bits per heavy atom. The van der Waals surface area contributed by atoms with Gasteiger partial charge in [-0.2, -0.15) is 0 Å². The third-order valence-electron chi connectivity index (χ3n) is 3.14. The van der Waals surface area contributed by atoms with Crippen molar-refractivity contribution in [3.05, 3.63) is 53.7 Å². The second-order valence-electron chi connectivity index (χ2n) is 4.57. The van der Waals surface area contributed by atoms with E-state index < -0.39 is 0 Å². The van der Waals surface area contributed by atoms with E-state index in [1.807, 2.05) is 38.1 Å². The minimum atomic E-state index is -0.0340. The molecule has 4 heteroatoms. The van der Waals surface area contributed by atoms with Crippen molar-refractivity contribution >= 4 is 17.4 Å². The average molecular weight is 269 g/mol. The molecular weight excluding hydrogens is 250 g/mol. The van der Waals surface area contributed by atoms with Crippen LogP contribution in [-0.2, 0) is 0 Å². The Balaban J connectivity index is 2.28. The Hall–Kier alpha value is -2.36. The Labute approximate surface area is 119 Å². The summed E-state index contributed by atoms with van der Waals surface area (Å²) >= 11 is 0. The number of nitrogens with one attached hydrogen (secondary N) is 1. The minimum Gasteiger partial charge on any atom is -0.373 e. The van der Waals surface area contributed by atoms with Gasteiger partial charge in [-0.05, 0) is 43.7 Å². The summed E-state index contributed by atoms with van der Waals surface area (Å²) in [7, 11) is 1.80. The lowest BCUT2D eigenvalue weighted by atomic mass is 10.2. The van der Waals surface area contributed by atoms with Gasteiger partial charge in [-0.15, -0.1) is 0 Å². The molecule has 0 aliphatic heterocycles. The zero-order valence-corrected chi connectivity index (χ0v) is 12.1. The Bertz CT molecular complexity index is 593. The molecule has 0 spiro atoms. The van der Waals surface area contributed by atoms with Gasteiger partial charge in [0, 0.05) is 25.5 Å². The first kappa shape index (κ1) is 14.1. The van der Waals surface area contributed by atoms with Crippen LogP contribution in [0, 0.1) is 6.92 Å². The lowest BCUT2D eigenvalue weighted by Gasteiger charge is -2.21. The summed E-state index contributed by atoms with van der Waals surface area (Å²) < 4.78 is 0. The number of carbonyl (C=O) groups excluding carboxylic acids is 1. The van der Waals surface area contributed by atoms with Crippen LogP contribution in [0.3, 0.4) is 0 Å². The topological polar surface area (TPSA) is 45.2 Å². The van der Waals surface area contributed by atoms with Gasteiger partial charge >= 0.3 is 0 Å². The quantitative estimate of drug-likeness (QED) is 0.927. The lowest BCUT2D eigenvalue weighted by Crippen LogP contribution is -2.30. The minimum absolute atomic E-state index is 0.0340. The molecule has 0 bridgehead atoms. The van der Waals surface area contributed by atoms with Crippen molar-refractivity contribution in [2.75, 3.05) is 23.8 Å². The van der Waals surface area contributed by atoms with Gasteiger partial charge in [0.05, 0.1) is 5.56 Å². The van der Waals surface area contributed by atoms with Crippen molar-refractivity contribution in [1.29, 1.82) is 0 Å². The Morgan fingerprint density at radius 1 is 1.30 bits per heavy atom. The van der Waals surface area contributed by atoms with E-state index in [1.165, 1.54) is 0 Å². The standard InChI is InChI=1S/C16H19N3O/c1-4-19(14-7-5-6-12(2)10-14)16(20)13-8-9-15(17-3)18-11-13/h5-11H,4H2,1-3H3,(H,17,18). The van der Waals surface area contributed by atoms with Crippen LogP contribution in [0.5, 0.6) is 0 Å². The lowest BCUT2D eigenvalue weighted by molar-refractivity contribution is 0.0988. The van der Waals surface area contributed by atoms with Crippen molar-refractivity contribution in [2.45, 2.75) is 13.8 Å². The van der Waals surface area contributed by atoms with Crippen LogP contribution in [0.25, 0.3) is 0 Å². The number of anilines is 2. The van der Waals surface area contributed by atoms with Gasteiger partial charge in [-0.1, -0.05) is 12.1 Å². The molecule has 20 heavy (non-hydrogen) atoms. The van der Waals surface area contributed by atoms with E-state index in [1.54, 1.807) is 30.3 Å². The summed E-state index contributed by atoms with van der Waals surface area (Å²) in [6.45, 7) is 4.61. The van der Waals surface area contributed by atoms with E-state index in [2.05, 4.69) is 10.3 Å². The van der Waals surface area contributed by atoms with Gasteiger partial charge in [-0.3, -0.25) is 4.79 Å². The molecule has 2 rings (SSSR count). The highest BCUT2D eigenvalue weighted by Crippen LogP contribution is 2.18. The number of rotatable bonds is 4. The summed E-state index contributed by atoms with van der Waals surface area (Å²) in [4.78, 5) is 18.5. The molecule has 4 nitrogen and oxygen atoms in total. The van der Waals surface area contributed by atoms with Crippen LogP contribution in [0.4, 0.5) is 11.5 Å². The van der Waals surface area contributed by atoms with Gasteiger partial charge in [0.1, 0.15) is 5.82 Å². The van der Waals surface area contributed by atoms with Crippen molar-refractivity contribution in [3.8, 4) is 0 Å². The largest absolute Gasteiger partial charge is 0.373 e. The van der Waals surface area contributed by atoms with E-state index >= 15 is 0 Å². The SMILES string of the molecule is CCN(C(=O)c1ccc(NC)nc1)c1cccc(C)c1. The third kappa shape index (κ3) is 2.96. The highest BCUT2D eigenvalue weighted by molar-refractivity contribution is 6.06. The zero-order valence-electron chi connectivity index (χ0n) is 12.1. The van der Waals surface area contributed by atoms with Crippen molar-refractivity contribution in [1.82, 2.24) is 4.98 Å². The maximum absolute atomic E-state index is 12.6. The first-order valence-electron chi connectivity index (χ1n) is 6.68. The monoisotopic (exact) mass is 269 g/mol. The van der Waals surface area contributed by atoms with Gasteiger partial charge in [0.15, 0.2) is 0 Å². The zero-order chi connectivity index (χ0) is 14.5. The Kier molecular flexibility index (Phi) is 4.35. The van der Waals surface area contributed by atoms with Crippen LogP contribution in [0.2, 0.25) is 0 Å². The van der Waals surface area contributed by atoms with Crippen LogP contribution < -0.4 is 10.2 Å².